The summed E-state index contributed by atoms with van der Waals surface area (Å²) >= 11 is 0. The second-order valence-corrected chi connectivity index (χ2v) is 8.21. The van der Waals surface area contributed by atoms with Crippen molar-refractivity contribution in [3.05, 3.63) is 65.4 Å². The van der Waals surface area contributed by atoms with Crippen LogP contribution in [0.15, 0.2) is 48.7 Å². The van der Waals surface area contributed by atoms with E-state index in [9.17, 15) is 35.4 Å². The topological polar surface area (TPSA) is 178 Å². The van der Waals surface area contributed by atoms with E-state index in [0.29, 0.717) is 28.1 Å². The molecule has 6 atom stereocenters. The van der Waals surface area contributed by atoms with Crippen LogP contribution < -0.4 is 0 Å². The Labute approximate surface area is 194 Å². The Morgan fingerprint density at radius 2 is 1.88 bits per heavy atom. The SMILES string of the molecule is Cc1cc(-n2cc(-c3cccc(C(=O)O)c3)nn2)ccc1[C@@H](O)[C@H]1O[C@H](CO)[C@@H](O)[C@H](O)[C@@H]1O. The molecule has 180 valence electrons. The molecule has 1 saturated heterocycles. The lowest BCUT2D eigenvalue weighted by molar-refractivity contribution is -0.250. The smallest absolute Gasteiger partial charge is 0.335 e. The summed E-state index contributed by atoms with van der Waals surface area (Å²) in [5.41, 5.74) is 2.88. The summed E-state index contributed by atoms with van der Waals surface area (Å²) in [6, 6.07) is 11.4. The highest BCUT2D eigenvalue weighted by atomic mass is 16.6. The van der Waals surface area contributed by atoms with Crippen LogP contribution in [0.3, 0.4) is 0 Å². The Bertz CT molecular complexity index is 1180. The van der Waals surface area contributed by atoms with E-state index in [4.69, 9.17) is 4.74 Å². The number of aryl methyl sites for hydroxylation is 1. The zero-order valence-corrected chi connectivity index (χ0v) is 18.1. The van der Waals surface area contributed by atoms with E-state index >= 15 is 0 Å². The average Bonchev–Trinajstić information content (AvgIpc) is 3.33. The Morgan fingerprint density at radius 1 is 1.12 bits per heavy atom. The van der Waals surface area contributed by atoms with Crippen molar-refractivity contribution >= 4 is 5.97 Å². The highest BCUT2D eigenvalue weighted by Crippen LogP contribution is 2.32. The van der Waals surface area contributed by atoms with Crippen molar-refractivity contribution in [2.24, 2.45) is 0 Å². The van der Waals surface area contributed by atoms with E-state index in [-0.39, 0.29) is 5.56 Å². The monoisotopic (exact) mass is 471 g/mol. The minimum atomic E-state index is -1.58. The van der Waals surface area contributed by atoms with Crippen LogP contribution in [0.5, 0.6) is 0 Å². The van der Waals surface area contributed by atoms with Crippen LogP contribution in [0.4, 0.5) is 0 Å². The van der Waals surface area contributed by atoms with Crippen LogP contribution in [0.1, 0.15) is 27.6 Å². The molecule has 11 heteroatoms. The Balaban J connectivity index is 1.57. The summed E-state index contributed by atoms with van der Waals surface area (Å²) in [5, 5.41) is 67.9. The highest BCUT2D eigenvalue weighted by Gasteiger charge is 2.46. The van der Waals surface area contributed by atoms with E-state index in [0.717, 1.165) is 0 Å². The minimum absolute atomic E-state index is 0.134. The van der Waals surface area contributed by atoms with Crippen molar-refractivity contribution in [3.63, 3.8) is 0 Å². The van der Waals surface area contributed by atoms with Crippen molar-refractivity contribution in [1.82, 2.24) is 15.0 Å². The molecular weight excluding hydrogens is 446 g/mol. The maximum atomic E-state index is 11.2. The summed E-state index contributed by atoms with van der Waals surface area (Å²) in [6.45, 7) is 1.15. The van der Waals surface area contributed by atoms with Crippen LogP contribution in [0.2, 0.25) is 0 Å². The molecule has 34 heavy (non-hydrogen) atoms. The molecule has 6 N–H and O–H groups in total. The zero-order chi connectivity index (χ0) is 24.6. The first kappa shape index (κ1) is 24.0. The van der Waals surface area contributed by atoms with Crippen LogP contribution in [0.25, 0.3) is 16.9 Å². The molecule has 0 aliphatic carbocycles. The molecule has 0 unspecified atom stereocenters. The van der Waals surface area contributed by atoms with E-state index in [2.05, 4.69) is 10.3 Å². The maximum Gasteiger partial charge on any atom is 0.335 e. The number of benzene rings is 2. The van der Waals surface area contributed by atoms with Gasteiger partial charge in [-0.1, -0.05) is 23.4 Å². The lowest BCUT2D eigenvalue weighted by Crippen LogP contribution is -2.59. The third-order valence-corrected chi connectivity index (χ3v) is 5.98. The number of carbonyl (C=O) groups is 1. The normalized spacial score (nSPS) is 25.8. The van der Waals surface area contributed by atoms with Crippen LogP contribution >= 0.6 is 0 Å². The summed E-state index contributed by atoms with van der Waals surface area (Å²) in [6.07, 6.45) is -6.74. The number of nitrogens with zero attached hydrogens (tertiary/aromatic N) is 3. The molecule has 1 aromatic heterocycles. The molecule has 0 saturated carbocycles. The van der Waals surface area contributed by atoms with E-state index in [1.807, 2.05) is 0 Å². The van der Waals surface area contributed by atoms with Gasteiger partial charge < -0.3 is 35.4 Å². The number of aromatic carboxylic acids is 1. The molecule has 2 heterocycles. The van der Waals surface area contributed by atoms with Gasteiger partial charge in [-0.15, -0.1) is 5.10 Å². The minimum Gasteiger partial charge on any atom is -0.478 e. The first-order chi connectivity index (χ1) is 16.2. The standard InChI is InChI=1S/C23H25N3O8/c1-11-7-14(26-9-16(24-25-26)12-3-2-4-13(8-12)23(32)33)5-6-15(11)18(28)22-21(31)20(30)19(29)17(10-27)34-22/h2-9,17-22,27-31H,10H2,1H3,(H,32,33)/t17-,18-,19-,20+,21+,22-/m1/s1. The fourth-order valence-corrected chi connectivity index (χ4v) is 4.04. The largest absolute Gasteiger partial charge is 0.478 e. The van der Waals surface area contributed by atoms with Gasteiger partial charge in [-0.3, -0.25) is 0 Å². The molecule has 11 nitrogen and oxygen atoms in total. The van der Waals surface area contributed by atoms with Crippen molar-refractivity contribution in [3.8, 4) is 16.9 Å². The third kappa shape index (κ3) is 4.44. The molecule has 3 aromatic rings. The van der Waals surface area contributed by atoms with Gasteiger partial charge in [0.1, 0.15) is 42.3 Å². The van der Waals surface area contributed by atoms with Crippen LogP contribution in [-0.2, 0) is 4.74 Å². The maximum absolute atomic E-state index is 11.2. The molecule has 1 aliphatic rings. The van der Waals surface area contributed by atoms with Gasteiger partial charge in [-0.25, -0.2) is 9.48 Å². The fourth-order valence-electron chi connectivity index (χ4n) is 4.04. The number of aromatic nitrogens is 3. The second-order valence-electron chi connectivity index (χ2n) is 8.21. The van der Waals surface area contributed by atoms with E-state index < -0.39 is 49.2 Å². The Morgan fingerprint density at radius 3 is 2.56 bits per heavy atom. The van der Waals surface area contributed by atoms with Gasteiger partial charge in [0.15, 0.2) is 0 Å². The first-order valence-corrected chi connectivity index (χ1v) is 10.6. The number of aliphatic hydroxyl groups excluding tert-OH is 5. The molecule has 0 spiro atoms. The molecular formula is C23H25N3O8. The van der Waals surface area contributed by atoms with Gasteiger partial charge in [-0.2, -0.15) is 0 Å². The van der Waals surface area contributed by atoms with Crippen molar-refractivity contribution in [2.45, 2.75) is 43.5 Å². The summed E-state index contributed by atoms with van der Waals surface area (Å²) in [4.78, 5) is 11.2. The number of carboxylic acid groups (broad SMARTS) is 1. The molecule has 1 fully saturated rings. The van der Waals surface area contributed by atoms with Gasteiger partial charge in [-0.05, 0) is 42.3 Å². The van der Waals surface area contributed by atoms with Crippen LogP contribution in [-0.4, -0.2) is 88.7 Å². The molecule has 0 radical (unpaired) electrons. The number of rotatable bonds is 6. The zero-order valence-electron chi connectivity index (χ0n) is 18.1. The Kier molecular flexibility index (Phi) is 6.75. The van der Waals surface area contributed by atoms with Crippen molar-refractivity contribution in [2.75, 3.05) is 6.61 Å². The molecule has 1 aliphatic heterocycles. The lowest BCUT2D eigenvalue weighted by atomic mass is 9.88. The first-order valence-electron chi connectivity index (χ1n) is 10.6. The number of carboxylic acids is 1. The fraction of sp³-hybridized carbons (Fsp3) is 0.348. The van der Waals surface area contributed by atoms with Gasteiger partial charge in [0.2, 0.25) is 0 Å². The van der Waals surface area contributed by atoms with Gasteiger partial charge in [0, 0.05) is 5.56 Å². The van der Waals surface area contributed by atoms with Crippen molar-refractivity contribution in [1.29, 1.82) is 0 Å². The summed E-state index contributed by atoms with van der Waals surface area (Å²) in [5.74, 6) is -1.04. The van der Waals surface area contributed by atoms with E-state index in [1.165, 1.54) is 16.8 Å². The Hall–Kier alpha value is -3.19. The predicted molar refractivity (Wildman–Crippen MR) is 117 cm³/mol. The number of ether oxygens (including phenoxy) is 1. The van der Waals surface area contributed by atoms with Gasteiger partial charge in [0.05, 0.1) is 24.1 Å². The molecule has 2 aromatic carbocycles. The molecule has 4 rings (SSSR count). The number of hydrogen-bond acceptors (Lipinski definition) is 9. The van der Waals surface area contributed by atoms with Crippen molar-refractivity contribution < 1.29 is 40.2 Å². The molecule has 0 amide bonds. The summed E-state index contributed by atoms with van der Waals surface area (Å²) in [7, 11) is 0. The van der Waals surface area contributed by atoms with Gasteiger partial charge in [0.25, 0.3) is 0 Å². The molecule has 0 bridgehead atoms. The number of aliphatic hydroxyl groups is 5. The predicted octanol–water partition coefficient (Wildman–Crippen LogP) is -0.183. The van der Waals surface area contributed by atoms with Crippen LogP contribution in [0, 0.1) is 6.92 Å². The number of hydrogen-bond donors (Lipinski definition) is 6. The third-order valence-electron chi connectivity index (χ3n) is 5.98. The van der Waals surface area contributed by atoms with Gasteiger partial charge >= 0.3 is 5.97 Å². The quantitative estimate of drug-likeness (QED) is 0.282. The average molecular weight is 471 g/mol. The highest BCUT2D eigenvalue weighted by molar-refractivity contribution is 5.89. The summed E-state index contributed by atoms with van der Waals surface area (Å²) < 4.78 is 6.97. The van der Waals surface area contributed by atoms with E-state index in [1.54, 1.807) is 43.5 Å². The second kappa shape index (κ2) is 9.58. The lowest BCUT2D eigenvalue weighted by Gasteiger charge is -2.42.